The van der Waals surface area contributed by atoms with Gasteiger partial charge in [-0.15, -0.1) is 0 Å². The predicted molar refractivity (Wildman–Crippen MR) is 79.3 cm³/mol. The fraction of sp³-hybridized carbons (Fsp3) is 1.00. The Kier molecular flexibility index (Phi) is 14.0. The summed E-state index contributed by atoms with van der Waals surface area (Å²) >= 11 is 0. The SMILES string of the molecule is CCCCCCCC[C@H](CN)CCCCCC. The maximum Gasteiger partial charge on any atom is -0.00489 e. The summed E-state index contributed by atoms with van der Waals surface area (Å²) in [7, 11) is 0. The Bertz CT molecular complexity index is 133. The van der Waals surface area contributed by atoms with Crippen molar-refractivity contribution in [1.29, 1.82) is 0 Å². The molecule has 1 nitrogen and oxygen atoms in total. The van der Waals surface area contributed by atoms with Crippen molar-refractivity contribution in [3.63, 3.8) is 0 Å². The van der Waals surface area contributed by atoms with Crippen molar-refractivity contribution >= 4 is 0 Å². The van der Waals surface area contributed by atoms with Gasteiger partial charge in [0.05, 0.1) is 0 Å². The van der Waals surface area contributed by atoms with Crippen LogP contribution in [0.3, 0.4) is 0 Å². The molecule has 0 aliphatic carbocycles. The van der Waals surface area contributed by atoms with Crippen LogP contribution in [-0.2, 0) is 0 Å². The van der Waals surface area contributed by atoms with Gasteiger partial charge in [0.2, 0.25) is 0 Å². The lowest BCUT2D eigenvalue weighted by Gasteiger charge is -2.14. The third-order valence-corrected chi connectivity index (χ3v) is 3.77. The van der Waals surface area contributed by atoms with E-state index in [4.69, 9.17) is 5.73 Å². The molecule has 0 amide bonds. The van der Waals surface area contributed by atoms with E-state index in [1.165, 1.54) is 77.0 Å². The van der Waals surface area contributed by atoms with Crippen LogP contribution in [0.2, 0.25) is 0 Å². The normalized spacial score (nSPS) is 12.9. The van der Waals surface area contributed by atoms with Gasteiger partial charge in [0.25, 0.3) is 0 Å². The third-order valence-electron chi connectivity index (χ3n) is 3.77. The minimum absolute atomic E-state index is 0.804. The maximum absolute atomic E-state index is 5.85. The summed E-state index contributed by atoms with van der Waals surface area (Å²) in [6.45, 7) is 5.46. The Morgan fingerprint density at radius 1 is 0.647 bits per heavy atom. The first kappa shape index (κ1) is 17.0. The average Bonchev–Trinajstić information content (AvgIpc) is 2.36. The van der Waals surface area contributed by atoms with E-state index in [0.29, 0.717) is 0 Å². The first-order chi connectivity index (χ1) is 8.35. The molecule has 0 aromatic rings. The molecule has 0 aromatic carbocycles. The van der Waals surface area contributed by atoms with E-state index >= 15 is 0 Å². The molecular formula is C16H35N. The molecule has 0 rings (SSSR count). The summed E-state index contributed by atoms with van der Waals surface area (Å²) < 4.78 is 0. The van der Waals surface area contributed by atoms with Crippen molar-refractivity contribution in [2.45, 2.75) is 90.9 Å². The molecule has 17 heavy (non-hydrogen) atoms. The van der Waals surface area contributed by atoms with Crippen molar-refractivity contribution in [3.05, 3.63) is 0 Å². The highest BCUT2D eigenvalue weighted by Crippen LogP contribution is 2.17. The van der Waals surface area contributed by atoms with Gasteiger partial charge in [0, 0.05) is 0 Å². The molecule has 0 fully saturated rings. The number of rotatable bonds is 13. The lowest BCUT2D eigenvalue weighted by molar-refractivity contribution is 0.412. The highest BCUT2D eigenvalue weighted by Gasteiger charge is 2.05. The van der Waals surface area contributed by atoms with Crippen LogP contribution >= 0.6 is 0 Å². The third kappa shape index (κ3) is 12.2. The van der Waals surface area contributed by atoms with Crippen LogP contribution in [0.25, 0.3) is 0 Å². The number of hydrogen-bond acceptors (Lipinski definition) is 1. The molecule has 1 heteroatoms. The molecule has 2 N–H and O–H groups in total. The molecule has 0 saturated heterocycles. The van der Waals surface area contributed by atoms with Crippen molar-refractivity contribution in [1.82, 2.24) is 0 Å². The fourth-order valence-electron chi connectivity index (χ4n) is 2.45. The standard InChI is InChI=1S/C16H35N/c1-3-5-7-9-10-12-14-16(15-17)13-11-8-6-4-2/h16H,3-15,17H2,1-2H3/t16-/m1/s1. The second kappa shape index (κ2) is 14.0. The average molecular weight is 241 g/mol. The molecule has 0 aliphatic heterocycles. The molecule has 1 atom stereocenters. The topological polar surface area (TPSA) is 26.0 Å². The van der Waals surface area contributed by atoms with Gasteiger partial charge >= 0.3 is 0 Å². The van der Waals surface area contributed by atoms with Crippen molar-refractivity contribution in [3.8, 4) is 0 Å². The van der Waals surface area contributed by atoms with E-state index in [9.17, 15) is 0 Å². The maximum atomic E-state index is 5.85. The van der Waals surface area contributed by atoms with Crippen molar-refractivity contribution in [2.24, 2.45) is 11.7 Å². The van der Waals surface area contributed by atoms with Gasteiger partial charge in [0.15, 0.2) is 0 Å². The minimum atomic E-state index is 0.804. The van der Waals surface area contributed by atoms with Crippen LogP contribution in [0.1, 0.15) is 90.9 Å². The lowest BCUT2D eigenvalue weighted by atomic mass is 9.94. The Labute approximate surface area is 110 Å². The molecular weight excluding hydrogens is 206 g/mol. The summed E-state index contributed by atoms with van der Waals surface area (Å²) in [6.07, 6.45) is 16.7. The predicted octanol–water partition coefficient (Wildman–Crippen LogP) is 5.28. The van der Waals surface area contributed by atoms with Crippen LogP contribution in [0.4, 0.5) is 0 Å². The number of nitrogens with two attached hydrogens (primary N) is 1. The quantitative estimate of drug-likeness (QED) is 0.436. The van der Waals surface area contributed by atoms with Crippen LogP contribution in [0.15, 0.2) is 0 Å². The number of unbranched alkanes of at least 4 members (excludes halogenated alkanes) is 8. The molecule has 0 spiro atoms. The first-order valence-corrected chi connectivity index (χ1v) is 8.05. The van der Waals surface area contributed by atoms with Crippen LogP contribution in [0.5, 0.6) is 0 Å². The zero-order valence-corrected chi connectivity index (χ0v) is 12.3. The van der Waals surface area contributed by atoms with Gasteiger partial charge in [0.1, 0.15) is 0 Å². The van der Waals surface area contributed by atoms with Crippen LogP contribution in [-0.4, -0.2) is 6.54 Å². The van der Waals surface area contributed by atoms with E-state index in [0.717, 1.165) is 12.5 Å². The van der Waals surface area contributed by atoms with E-state index in [1.807, 2.05) is 0 Å². The van der Waals surface area contributed by atoms with Crippen molar-refractivity contribution in [2.75, 3.05) is 6.54 Å². The summed E-state index contributed by atoms with van der Waals surface area (Å²) in [5.41, 5.74) is 5.85. The van der Waals surface area contributed by atoms with E-state index < -0.39 is 0 Å². The Morgan fingerprint density at radius 2 is 1.06 bits per heavy atom. The van der Waals surface area contributed by atoms with Gasteiger partial charge < -0.3 is 5.73 Å². The van der Waals surface area contributed by atoms with Crippen LogP contribution < -0.4 is 5.73 Å². The second-order valence-corrected chi connectivity index (χ2v) is 5.51. The zero-order chi connectivity index (χ0) is 12.8. The highest BCUT2D eigenvalue weighted by molar-refractivity contribution is 4.61. The molecule has 0 bridgehead atoms. The number of hydrogen-bond donors (Lipinski definition) is 1. The molecule has 0 unspecified atom stereocenters. The molecule has 0 heterocycles. The van der Waals surface area contributed by atoms with E-state index in [-0.39, 0.29) is 0 Å². The largest absolute Gasteiger partial charge is 0.330 e. The second-order valence-electron chi connectivity index (χ2n) is 5.51. The smallest absolute Gasteiger partial charge is 0.00489 e. The van der Waals surface area contributed by atoms with Gasteiger partial charge in [-0.2, -0.15) is 0 Å². The van der Waals surface area contributed by atoms with E-state index in [2.05, 4.69) is 13.8 Å². The summed E-state index contributed by atoms with van der Waals surface area (Å²) in [6, 6.07) is 0. The Balaban J connectivity index is 3.28. The first-order valence-electron chi connectivity index (χ1n) is 8.05. The summed E-state index contributed by atoms with van der Waals surface area (Å²) in [5, 5.41) is 0. The molecule has 104 valence electrons. The van der Waals surface area contributed by atoms with E-state index in [1.54, 1.807) is 0 Å². The molecule has 0 aliphatic rings. The van der Waals surface area contributed by atoms with Crippen LogP contribution in [0, 0.1) is 5.92 Å². The molecule has 0 radical (unpaired) electrons. The van der Waals surface area contributed by atoms with Gasteiger partial charge in [-0.3, -0.25) is 0 Å². The summed E-state index contributed by atoms with van der Waals surface area (Å²) in [4.78, 5) is 0. The lowest BCUT2D eigenvalue weighted by Crippen LogP contribution is -2.14. The van der Waals surface area contributed by atoms with Gasteiger partial charge in [-0.25, -0.2) is 0 Å². The van der Waals surface area contributed by atoms with Gasteiger partial charge in [-0.1, -0.05) is 78.1 Å². The Morgan fingerprint density at radius 3 is 1.53 bits per heavy atom. The summed E-state index contributed by atoms with van der Waals surface area (Å²) in [5.74, 6) is 0.804. The fourth-order valence-corrected chi connectivity index (χ4v) is 2.45. The van der Waals surface area contributed by atoms with Crippen molar-refractivity contribution < 1.29 is 0 Å². The van der Waals surface area contributed by atoms with Gasteiger partial charge in [-0.05, 0) is 25.3 Å². The monoisotopic (exact) mass is 241 g/mol. The molecule has 0 aromatic heterocycles. The zero-order valence-electron chi connectivity index (χ0n) is 12.3. The minimum Gasteiger partial charge on any atom is -0.330 e. The molecule has 0 saturated carbocycles. The highest BCUT2D eigenvalue weighted by atomic mass is 14.5. The Hall–Kier alpha value is -0.0400.